The van der Waals surface area contributed by atoms with Crippen molar-refractivity contribution in [2.24, 2.45) is 0 Å². The van der Waals surface area contributed by atoms with Gasteiger partial charge in [0.1, 0.15) is 11.5 Å². The van der Waals surface area contributed by atoms with Crippen LogP contribution in [0.1, 0.15) is 11.1 Å². The highest BCUT2D eigenvalue weighted by Gasteiger charge is 2.14. The van der Waals surface area contributed by atoms with Gasteiger partial charge in [0.15, 0.2) is 0 Å². The molecule has 1 radical (unpaired) electrons. The predicted molar refractivity (Wildman–Crippen MR) is 54.6 cm³/mol. The molecule has 3 rings (SSSR count). The van der Waals surface area contributed by atoms with Gasteiger partial charge in [-0.1, -0.05) is 30.3 Å². The van der Waals surface area contributed by atoms with Gasteiger partial charge < -0.3 is 4.74 Å². The zero-order chi connectivity index (χ0) is 9.38. The Hall–Kier alpha value is -1.76. The fourth-order valence-electron chi connectivity index (χ4n) is 1.75. The van der Waals surface area contributed by atoms with Gasteiger partial charge in [-0.3, -0.25) is 0 Å². The van der Waals surface area contributed by atoms with Gasteiger partial charge in [-0.2, -0.15) is 0 Å². The lowest BCUT2D eigenvalue weighted by molar-refractivity contribution is 0.460. The standard InChI is InChI=1S/C13H9O/c1-3-7-12-10(5-1)9-11-6-2-4-8-13(11)14-12/h1-5,7-8H,9H2. The molecule has 0 spiro atoms. The van der Waals surface area contributed by atoms with Gasteiger partial charge in [-0.15, -0.1) is 0 Å². The molecule has 1 nitrogen and oxygen atoms in total. The van der Waals surface area contributed by atoms with Crippen molar-refractivity contribution in [3.8, 4) is 11.5 Å². The lowest BCUT2D eigenvalue weighted by Crippen LogP contribution is -2.02. The fraction of sp³-hybridized carbons (Fsp3) is 0.0769. The molecule has 0 saturated carbocycles. The molecular formula is C13H9O. The lowest BCUT2D eigenvalue weighted by Gasteiger charge is -2.19. The van der Waals surface area contributed by atoms with Crippen molar-refractivity contribution in [1.29, 1.82) is 0 Å². The van der Waals surface area contributed by atoms with Gasteiger partial charge in [-0.25, -0.2) is 0 Å². The van der Waals surface area contributed by atoms with Gasteiger partial charge >= 0.3 is 0 Å². The van der Waals surface area contributed by atoms with Crippen molar-refractivity contribution in [1.82, 2.24) is 0 Å². The number of hydrogen-bond donors (Lipinski definition) is 0. The maximum atomic E-state index is 5.75. The molecule has 0 fully saturated rings. The minimum atomic E-state index is 0.923. The van der Waals surface area contributed by atoms with E-state index >= 15 is 0 Å². The Kier molecular flexibility index (Phi) is 1.57. The molecule has 0 bridgehead atoms. The van der Waals surface area contributed by atoms with Gasteiger partial charge in [0.05, 0.1) is 0 Å². The number of para-hydroxylation sites is 1. The molecule has 0 aromatic heterocycles. The molecule has 1 heteroatoms. The van der Waals surface area contributed by atoms with E-state index in [9.17, 15) is 0 Å². The van der Waals surface area contributed by atoms with Crippen molar-refractivity contribution in [3.63, 3.8) is 0 Å². The maximum absolute atomic E-state index is 5.75. The largest absolute Gasteiger partial charge is 0.457 e. The second-order valence-corrected chi connectivity index (χ2v) is 3.40. The van der Waals surface area contributed by atoms with E-state index in [2.05, 4.69) is 12.1 Å². The first-order valence-corrected chi connectivity index (χ1v) is 4.69. The molecule has 67 valence electrons. The van der Waals surface area contributed by atoms with Crippen LogP contribution in [-0.2, 0) is 6.42 Å². The molecule has 1 aliphatic heterocycles. The molecule has 0 amide bonds. The molecule has 1 aliphatic rings. The second-order valence-electron chi connectivity index (χ2n) is 3.40. The van der Waals surface area contributed by atoms with Crippen LogP contribution in [0.3, 0.4) is 0 Å². The first-order valence-electron chi connectivity index (χ1n) is 4.69. The summed E-state index contributed by atoms with van der Waals surface area (Å²) in [4.78, 5) is 0. The summed E-state index contributed by atoms with van der Waals surface area (Å²) < 4.78 is 5.75. The Morgan fingerprint density at radius 2 is 1.86 bits per heavy atom. The molecule has 0 aliphatic carbocycles. The van der Waals surface area contributed by atoms with Crippen molar-refractivity contribution >= 4 is 0 Å². The molecule has 1 heterocycles. The van der Waals surface area contributed by atoms with Gasteiger partial charge in [0.25, 0.3) is 0 Å². The number of hydrogen-bond acceptors (Lipinski definition) is 1. The van der Waals surface area contributed by atoms with Crippen molar-refractivity contribution in [2.45, 2.75) is 6.42 Å². The van der Waals surface area contributed by atoms with E-state index in [4.69, 9.17) is 4.74 Å². The minimum Gasteiger partial charge on any atom is -0.457 e. The monoisotopic (exact) mass is 181 g/mol. The SMILES string of the molecule is [c]1cccc2c1Cc1ccccc1O2. The van der Waals surface area contributed by atoms with Gasteiger partial charge in [0.2, 0.25) is 0 Å². The Morgan fingerprint density at radius 1 is 1.00 bits per heavy atom. The third kappa shape index (κ3) is 1.10. The molecule has 0 saturated heterocycles. The van der Waals surface area contributed by atoms with Crippen LogP contribution in [0.25, 0.3) is 0 Å². The zero-order valence-corrected chi connectivity index (χ0v) is 7.66. The highest BCUT2D eigenvalue weighted by Crippen LogP contribution is 2.35. The summed E-state index contributed by atoms with van der Waals surface area (Å²) >= 11 is 0. The van der Waals surface area contributed by atoms with Crippen molar-refractivity contribution in [3.05, 3.63) is 59.7 Å². The third-order valence-electron chi connectivity index (χ3n) is 2.46. The van der Waals surface area contributed by atoms with Gasteiger partial charge in [-0.05, 0) is 23.8 Å². The maximum Gasteiger partial charge on any atom is 0.131 e. The summed E-state index contributed by atoms with van der Waals surface area (Å²) in [6.07, 6.45) is 0.923. The summed E-state index contributed by atoms with van der Waals surface area (Å²) in [5, 5.41) is 0. The van der Waals surface area contributed by atoms with E-state index in [1.807, 2.05) is 36.4 Å². The van der Waals surface area contributed by atoms with E-state index in [0.29, 0.717) is 0 Å². The smallest absolute Gasteiger partial charge is 0.131 e. The zero-order valence-electron chi connectivity index (χ0n) is 7.66. The number of fused-ring (bicyclic) bond motifs is 2. The average molecular weight is 181 g/mol. The lowest BCUT2D eigenvalue weighted by atomic mass is 10.0. The van der Waals surface area contributed by atoms with E-state index in [1.54, 1.807) is 0 Å². The number of ether oxygens (including phenoxy) is 1. The normalized spacial score (nSPS) is 12.6. The van der Waals surface area contributed by atoms with E-state index in [-0.39, 0.29) is 0 Å². The summed E-state index contributed by atoms with van der Waals surface area (Å²) in [7, 11) is 0. The molecule has 0 atom stereocenters. The van der Waals surface area contributed by atoms with Crippen LogP contribution < -0.4 is 4.74 Å². The fourth-order valence-corrected chi connectivity index (χ4v) is 1.75. The van der Waals surface area contributed by atoms with Crippen molar-refractivity contribution in [2.75, 3.05) is 0 Å². The summed E-state index contributed by atoms with van der Waals surface area (Å²) in [6.45, 7) is 0. The molecular weight excluding hydrogens is 172 g/mol. The predicted octanol–water partition coefficient (Wildman–Crippen LogP) is 3.18. The third-order valence-corrected chi connectivity index (χ3v) is 2.46. The van der Waals surface area contributed by atoms with Crippen LogP contribution in [0.4, 0.5) is 0 Å². The topological polar surface area (TPSA) is 9.23 Å². The first-order chi connectivity index (χ1) is 6.93. The van der Waals surface area contributed by atoms with Crippen LogP contribution in [-0.4, -0.2) is 0 Å². The minimum absolute atomic E-state index is 0.923. The Labute approximate surface area is 83.0 Å². The van der Waals surface area contributed by atoms with E-state index < -0.39 is 0 Å². The summed E-state index contributed by atoms with van der Waals surface area (Å²) in [5.41, 5.74) is 2.38. The number of rotatable bonds is 0. The molecule has 2 aromatic rings. The first kappa shape index (κ1) is 7.63. The molecule has 0 unspecified atom stereocenters. The molecule has 0 N–H and O–H groups in total. The van der Waals surface area contributed by atoms with Crippen LogP contribution in [0.2, 0.25) is 0 Å². The quantitative estimate of drug-likeness (QED) is 0.517. The number of benzene rings is 2. The average Bonchev–Trinajstić information content (AvgIpc) is 2.26. The Morgan fingerprint density at radius 3 is 2.86 bits per heavy atom. The van der Waals surface area contributed by atoms with Crippen LogP contribution in [0.15, 0.2) is 42.5 Å². The van der Waals surface area contributed by atoms with Crippen LogP contribution in [0.5, 0.6) is 11.5 Å². The molecule has 14 heavy (non-hydrogen) atoms. The van der Waals surface area contributed by atoms with Gasteiger partial charge in [0, 0.05) is 12.0 Å². The summed E-state index contributed by atoms with van der Waals surface area (Å²) in [6, 6.07) is 17.2. The van der Waals surface area contributed by atoms with Crippen molar-refractivity contribution < 1.29 is 4.74 Å². The van der Waals surface area contributed by atoms with Crippen LogP contribution >= 0.6 is 0 Å². The second kappa shape index (κ2) is 2.88. The Balaban J connectivity index is 2.12. The Bertz CT molecular complexity index is 387. The van der Waals surface area contributed by atoms with Crippen LogP contribution in [0, 0.1) is 6.07 Å². The van der Waals surface area contributed by atoms with E-state index in [0.717, 1.165) is 23.5 Å². The summed E-state index contributed by atoms with van der Waals surface area (Å²) in [5.74, 6) is 1.91. The highest BCUT2D eigenvalue weighted by molar-refractivity contribution is 5.48. The van der Waals surface area contributed by atoms with E-state index in [1.165, 1.54) is 5.56 Å². The molecule has 2 aromatic carbocycles. The highest BCUT2D eigenvalue weighted by atomic mass is 16.5.